The first-order valence-corrected chi connectivity index (χ1v) is 8.20. The van der Waals surface area contributed by atoms with Crippen LogP contribution in [0.2, 0.25) is 0 Å². The van der Waals surface area contributed by atoms with Crippen LogP contribution in [0.25, 0.3) is 0 Å². The Labute approximate surface area is 123 Å². The minimum atomic E-state index is -0.398. The Bertz CT molecular complexity index is 409. The van der Waals surface area contributed by atoms with Gasteiger partial charge in [0, 0.05) is 11.3 Å². The van der Waals surface area contributed by atoms with Crippen molar-refractivity contribution in [3.8, 4) is 0 Å². The quantitative estimate of drug-likeness (QED) is 0.658. The van der Waals surface area contributed by atoms with Gasteiger partial charge in [-0.3, -0.25) is 0 Å². The van der Waals surface area contributed by atoms with Gasteiger partial charge >= 0.3 is 0 Å². The van der Waals surface area contributed by atoms with Gasteiger partial charge in [0.15, 0.2) is 5.79 Å². The van der Waals surface area contributed by atoms with Crippen molar-refractivity contribution in [2.24, 2.45) is 17.3 Å². The van der Waals surface area contributed by atoms with Gasteiger partial charge in [0.25, 0.3) is 0 Å². The lowest BCUT2D eigenvalue weighted by molar-refractivity contribution is -0.299. The number of allylic oxidation sites excluding steroid dienone is 4. The average molecular weight is 276 g/mol. The highest BCUT2D eigenvalue weighted by atomic mass is 16.7. The molecule has 1 saturated carbocycles. The van der Waals surface area contributed by atoms with Crippen molar-refractivity contribution in [1.29, 1.82) is 0 Å². The van der Waals surface area contributed by atoms with Crippen LogP contribution in [0.1, 0.15) is 52.9 Å². The number of fused-ring (bicyclic) bond motifs is 2. The summed E-state index contributed by atoms with van der Waals surface area (Å²) in [6.07, 6.45) is 13.4. The van der Waals surface area contributed by atoms with Crippen LogP contribution in [-0.4, -0.2) is 19.0 Å². The van der Waals surface area contributed by atoms with E-state index in [1.165, 1.54) is 25.7 Å². The zero-order valence-electron chi connectivity index (χ0n) is 13.2. The Balaban J connectivity index is 1.84. The van der Waals surface area contributed by atoms with E-state index in [0.717, 1.165) is 19.6 Å². The predicted octanol–water partition coefficient (Wildman–Crippen LogP) is 4.47. The van der Waals surface area contributed by atoms with E-state index in [0.29, 0.717) is 11.8 Å². The molecular formula is C18H28O2. The van der Waals surface area contributed by atoms with Crippen LogP contribution in [-0.2, 0) is 9.47 Å². The molecule has 2 nitrogen and oxygen atoms in total. The summed E-state index contributed by atoms with van der Waals surface area (Å²) in [4.78, 5) is 0. The number of hydrogen-bond donors (Lipinski definition) is 0. The summed E-state index contributed by atoms with van der Waals surface area (Å²) in [5, 5.41) is 0. The average Bonchev–Trinajstić information content (AvgIpc) is 2.45. The Morgan fingerprint density at radius 1 is 1.30 bits per heavy atom. The molecule has 2 heteroatoms. The predicted molar refractivity (Wildman–Crippen MR) is 81.4 cm³/mol. The van der Waals surface area contributed by atoms with Crippen molar-refractivity contribution < 1.29 is 9.47 Å². The van der Waals surface area contributed by atoms with Crippen molar-refractivity contribution in [3.63, 3.8) is 0 Å². The second kappa shape index (κ2) is 5.31. The Morgan fingerprint density at radius 3 is 2.75 bits per heavy atom. The summed E-state index contributed by atoms with van der Waals surface area (Å²) >= 11 is 0. The van der Waals surface area contributed by atoms with Crippen LogP contribution < -0.4 is 0 Å². The smallest absolute Gasteiger partial charge is 0.162 e. The normalized spacial score (nSPS) is 37.0. The van der Waals surface area contributed by atoms with E-state index in [-0.39, 0.29) is 5.41 Å². The molecule has 3 aliphatic rings. The fourth-order valence-corrected chi connectivity index (χ4v) is 4.22. The van der Waals surface area contributed by atoms with E-state index in [4.69, 9.17) is 9.47 Å². The highest BCUT2D eigenvalue weighted by Gasteiger charge is 2.50. The number of hydrogen-bond acceptors (Lipinski definition) is 2. The third kappa shape index (κ3) is 2.48. The molecule has 0 amide bonds. The lowest BCUT2D eigenvalue weighted by atomic mass is 9.57. The topological polar surface area (TPSA) is 18.5 Å². The maximum absolute atomic E-state index is 6.04. The molecule has 0 N–H and O–H groups in total. The van der Waals surface area contributed by atoms with Crippen LogP contribution >= 0.6 is 0 Å². The second-order valence-electron chi connectivity index (χ2n) is 7.16. The van der Waals surface area contributed by atoms with E-state index in [1.807, 2.05) is 13.8 Å². The second-order valence-corrected chi connectivity index (χ2v) is 7.16. The van der Waals surface area contributed by atoms with Gasteiger partial charge in [-0.15, -0.1) is 0 Å². The number of rotatable bonds is 1. The van der Waals surface area contributed by atoms with Crippen LogP contribution in [0.5, 0.6) is 0 Å². The van der Waals surface area contributed by atoms with E-state index < -0.39 is 5.79 Å². The maximum Gasteiger partial charge on any atom is 0.162 e. The van der Waals surface area contributed by atoms with Gasteiger partial charge in [0.1, 0.15) is 0 Å². The first kappa shape index (κ1) is 14.3. The molecule has 112 valence electrons. The molecule has 0 radical (unpaired) electrons. The van der Waals surface area contributed by atoms with Crippen molar-refractivity contribution in [2.75, 3.05) is 13.2 Å². The largest absolute Gasteiger partial charge is 0.350 e. The van der Waals surface area contributed by atoms with Gasteiger partial charge in [-0.1, -0.05) is 30.7 Å². The minimum absolute atomic E-state index is 0.246. The molecule has 0 aromatic carbocycles. The molecule has 3 rings (SSSR count). The van der Waals surface area contributed by atoms with E-state index in [9.17, 15) is 0 Å². The van der Waals surface area contributed by atoms with Gasteiger partial charge in [0.05, 0.1) is 13.2 Å². The lowest BCUT2D eigenvalue weighted by Crippen LogP contribution is -2.53. The zero-order chi connectivity index (χ0) is 14.2. The molecule has 2 fully saturated rings. The van der Waals surface area contributed by atoms with E-state index >= 15 is 0 Å². The Morgan fingerprint density at radius 2 is 2.05 bits per heavy atom. The molecule has 0 unspecified atom stereocenters. The van der Waals surface area contributed by atoms with Crippen molar-refractivity contribution in [3.05, 3.63) is 23.8 Å². The standard InChI is InChI=1S/C18H28O2/c1-4-7-14-10-11-18(12-19-17(2,3)20-13-18)16-9-6-5-8-15(14)16/h5,7-8,15-16H,4,6,9-13H2,1-3H3/b14-7-/t15-,16+/m0/s1. The van der Waals surface area contributed by atoms with E-state index in [2.05, 4.69) is 25.2 Å². The molecule has 2 aliphatic carbocycles. The fraction of sp³-hybridized carbons (Fsp3) is 0.778. The lowest BCUT2D eigenvalue weighted by Gasteiger charge is -2.53. The first-order valence-electron chi connectivity index (χ1n) is 8.20. The van der Waals surface area contributed by atoms with Crippen LogP contribution in [0.15, 0.2) is 23.8 Å². The summed E-state index contributed by atoms with van der Waals surface area (Å²) < 4.78 is 12.1. The number of ether oxygens (including phenoxy) is 2. The summed E-state index contributed by atoms with van der Waals surface area (Å²) in [6, 6.07) is 0. The molecule has 1 heterocycles. The van der Waals surface area contributed by atoms with E-state index in [1.54, 1.807) is 5.57 Å². The van der Waals surface area contributed by atoms with Crippen LogP contribution in [0.3, 0.4) is 0 Å². The minimum Gasteiger partial charge on any atom is -0.350 e. The Hall–Kier alpha value is -0.600. The van der Waals surface area contributed by atoms with Gasteiger partial charge in [-0.2, -0.15) is 0 Å². The van der Waals surface area contributed by atoms with Crippen molar-refractivity contribution in [1.82, 2.24) is 0 Å². The molecule has 2 atom stereocenters. The van der Waals surface area contributed by atoms with Crippen LogP contribution in [0, 0.1) is 17.3 Å². The van der Waals surface area contributed by atoms with Crippen molar-refractivity contribution in [2.45, 2.75) is 58.7 Å². The first-order chi connectivity index (χ1) is 9.56. The summed E-state index contributed by atoms with van der Waals surface area (Å²) in [7, 11) is 0. The van der Waals surface area contributed by atoms with Gasteiger partial charge in [-0.05, 0) is 51.9 Å². The van der Waals surface area contributed by atoms with Gasteiger partial charge < -0.3 is 9.47 Å². The highest BCUT2D eigenvalue weighted by molar-refractivity contribution is 5.23. The molecule has 0 bridgehead atoms. The highest BCUT2D eigenvalue weighted by Crippen LogP contribution is 2.53. The molecule has 0 aromatic heterocycles. The van der Waals surface area contributed by atoms with Crippen molar-refractivity contribution >= 4 is 0 Å². The van der Waals surface area contributed by atoms with Gasteiger partial charge in [0.2, 0.25) is 0 Å². The molecular weight excluding hydrogens is 248 g/mol. The van der Waals surface area contributed by atoms with Gasteiger partial charge in [-0.25, -0.2) is 0 Å². The zero-order valence-corrected chi connectivity index (χ0v) is 13.2. The maximum atomic E-state index is 6.04. The molecule has 0 aromatic rings. The summed E-state index contributed by atoms with van der Waals surface area (Å²) in [5.74, 6) is 0.936. The molecule has 1 aliphatic heterocycles. The summed E-state index contributed by atoms with van der Waals surface area (Å²) in [6.45, 7) is 8.05. The van der Waals surface area contributed by atoms with Crippen LogP contribution in [0.4, 0.5) is 0 Å². The third-order valence-corrected chi connectivity index (χ3v) is 5.43. The molecule has 1 spiro atoms. The monoisotopic (exact) mass is 276 g/mol. The SMILES string of the molecule is CC/C=C1/CCC2(COC(C)(C)OC2)[C@@H]2CCC=C[C@@H]12. The summed E-state index contributed by atoms with van der Waals surface area (Å²) in [5.41, 5.74) is 1.90. The molecule has 1 saturated heterocycles. The fourth-order valence-electron chi connectivity index (χ4n) is 4.22. The Kier molecular flexibility index (Phi) is 3.81. The third-order valence-electron chi connectivity index (χ3n) is 5.43. The molecule has 20 heavy (non-hydrogen) atoms.